The van der Waals surface area contributed by atoms with Crippen LogP contribution < -0.4 is 4.90 Å². The van der Waals surface area contributed by atoms with Gasteiger partial charge >= 0.3 is 0 Å². The molecule has 0 fully saturated rings. The fraction of sp³-hybridized carbons (Fsp3) is 0.474. The number of hydrogen-bond acceptors (Lipinski definition) is 7. The third kappa shape index (κ3) is 3.29. The van der Waals surface area contributed by atoms with Gasteiger partial charge in [0.25, 0.3) is 0 Å². The topological polar surface area (TPSA) is 58.0 Å². The second-order valence-corrected chi connectivity index (χ2v) is 8.16. The molecule has 0 aliphatic heterocycles. The van der Waals surface area contributed by atoms with E-state index in [1.54, 1.807) is 18.6 Å². The lowest BCUT2D eigenvalue weighted by molar-refractivity contribution is 0.416. The summed E-state index contributed by atoms with van der Waals surface area (Å²) in [6.45, 7) is 1.90. The average Bonchev–Trinajstić information content (AvgIpc) is 3.04. The fourth-order valence-corrected chi connectivity index (χ4v) is 4.66. The van der Waals surface area contributed by atoms with Gasteiger partial charge in [-0.2, -0.15) is 0 Å². The van der Waals surface area contributed by atoms with Gasteiger partial charge in [-0.15, -0.1) is 11.3 Å². The molecule has 0 amide bonds. The maximum Gasteiger partial charge on any atom is 0.183 e. The molecule has 0 N–H and O–H groups in total. The number of thiophene rings is 1. The molecule has 0 radical (unpaired) electrons. The minimum absolute atomic E-state index is 0.663. The molecule has 136 valence electrons. The highest BCUT2D eigenvalue weighted by atomic mass is 32.1. The summed E-state index contributed by atoms with van der Waals surface area (Å²) in [7, 11) is 6.32. The second kappa shape index (κ2) is 7.25. The molecule has 0 unspecified atom stereocenters. The van der Waals surface area contributed by atoms with E-state index in [4.69, 9.17) is 9.97 Å². The number of likely N-dealkylation sites (N-methyl/N-ethyl adjacent to an activating group) is 2. The zero-order valence-corrected chi connectivity index (χ0v) is 16.4. The monoisotopic (exact) mass is 368 g/mol. The van der Waals surface area contributed by atoms with Crippen molar-refractivity contribution in [3.05, 3.63) is 29.0 Å². The summed E-state index contributed by atoms with van der Waals surface area (Å²) in [5, 5.41) is 1.25. The van der Waals surface area contributed by atoms with Gasteiger partial charge in [0.05, 0.1) is 11.6 Å². The molecule has 0 saturated carbocycles. The molecule has 6 nitrogen and oxygen atoms in total. The van der Waals surface area contributed by atoms with E-state index in [0.717, 1.165) is 42.3 Å². The van der Waals surface area contributed by atoms with Crippen LogP contribution in [0, 0.1) is 0 Å². The smallest absolute Gasteiger partial charge is 0.183 e. The van der Waals surface area contributed by atoms with Crippen LogP contribution in [0.1, 0.15) is 23.3 Å². The summed E-state index contributed by atoms with van der Waals surface area (Å²) >= 11 is 1.83. The molecule has 3 heterocycles. The molecular formula is C19H24N6S. The van der Waals surface area contributed by atoms with E-state index in [0.29, 0.717) is 5.82 Å². The first-order valence-electron chi connectivity index (χ1n) is 9.08. The third-order valence-electron chi connectivity index (χ3n) is 4.83. The van der Waals surface area contributed by atoms with Crippen molar-refractivity contribution in [3.63, 3.8) is 0 Å². The SMILES string of the molecule is CN(C)CCN(C)c1nc(-c2cnccn2)nc2sc3c(c12)CCCC3. The van der Waals surface area contributed by atoms with Gasteiger partial charge < -0.3 is 9.80 Å². The largest absolute Gasteiger partial charge is 0.358 e. The van der Waals surface area contributed by atoms with Gasteiger partial charge in [0.15, 0.2) is 5.82 Å². The molecule has 0 saturated heterocycles. The van der Waals surface area contributed by atoms with Crippen molar-refractivity contribution in [1.82, 2.24) is 24.8 Å². The first-order chi connectivity index (χ1) is 12.6. The van der Waals surface area contributed by atoms with Crippen LogP contribution in [0.2, 0.25) is 0 Å². The highest BCUT2D eigenvalue weighted by Crippen LogP contribution is 2.40. The van der Waals surface area contributed by atoms with E-state index >= 15 is 0 Å². The standard InChI is InChI=1S/C19H24N6S/c1-24(2)10-11-25(3)18-16-13-6-4-5-7-15(13)26-19(16)23-17(22-18)14-12-20-8-9-21-14/h8-9,12H,4-7,10-11H2,1-3H3. The van der Waals surface area contributed by atoms with Gasteiger partial charge in [-0.1, -0.05) is 0 Å². The lowest BCUT2D eigenvalue weighted by Crippen LogP contribution is -2.29. The zero-order valence-electron chi connectivity index (χ0n) is 15.6. The molecular weight excluding hydrogens is 344 g/mol. The van der Waals surface area contributed by atoms with Crippen LogP contribution in [0.4, 0.5) is 5.82 Å². The molecule has 3 aromatic rings. The molecule has 1 aliphatic rings. The van der Waals surface area contributed by atoms with Gasteiger partial charge in [-0.05, 0) is 45.3 Å². The van der Waals surface area contributed by atoms with Crippen molar-refractivity contribution in [2.45, 2.75) is 25.7 Å². The summed E-state index contributed by atoms with van der Waals surface area (Å²) in [6, 6.07) is 0. The van der Waals surface area contributed by atoms with E-state index in [1.807, 2.05) is 11.3 Å². The van der Waals surface area contributed by atoms with Crippen molar-refractivity contribution in [2.24, 2.45) is 0 Å². The highest BCUT2D eigenvalue weighted by molar-refractivity contribution is 7.19. The maximum atomic E-state index is 4.93. The lowest BCUT2D eigenvalue weighted by Gasteiger charge is -2.22. The normalized spacial score (nSPS) is 14.0. The van der Waals surface area contributed by atoms with Crippen LogP contribution in [-0.4, -0.2) is 59.1 Å². The van der Waals surface area contributed by atoms with Crippen molar-refractivity contribution in [1.29, 1.82) is 0 Å². The molecule has 0 aromatic carbocycles. The number of anilines is 1. The average molecular weight is 369 g/mol. The molecule has 1 aliphatic carbocycles. The number of rotatable bonds is 5. The van der Waals surface area contributed by atoms with Crippen molar-refractivity contribution in [3.8, 4) is 11.5 Å². The van der Waals surface area contributed by atoms with E-state index in [1.165, 1.54) is 28.7 Å². The Hall–Kier alpha value is -2.12. The van der Waals surface area contributed by atoms with Gasteiger partial charge in [0.2, 0.25) is 0 Å². The second-order valence-electron chi connectivity index (χ2n) is 7.08. The molecule has 7 heteroatoms. The quantitative estimate of drug-likeness (QED) is 0.690. The Kier molecular flexibility index (Phi) is 4.82. The van der Waals surface area contributed by atoms with Crippen LogP contribution in [0.3, 0.4) is 0 Å². The summed E-state index contributed by atoms with van der Waals surface area (Å²) in [4.78, 5) is 25.4. The Balaban J connectivity index is 1.86. The fourth-order valence-electron chi connectivity index (χ4n) is 3.40. The van der Waals surface area contributed by atoms with E-state index < -0.39 is 0 Å². The Morgan fingerprint density at radius 3 is 2.65 bits per heavy atom. The van der Waals surface area contributed by atoms with E-state index in [9.17, 15) is 0 Å². The number of nitrogens with zero attached hydrogens (tertiary/aromatic N) is 6. The van der Waals surface area contributed by atoms with Crippen LogP contribution >= 0.6 is 11.3 Å². The number of fused-ring (bicyclic) bond motifs is 3. The van der Waals surface area contributed by atoms with Gasteiger partial charge in [0.1, 0.15) is 16.3 Å². The van der Waals surface area contributed by atoms with Crippen molar-refractivity contribution >= 4 is 27.4 Å². The third-order valence-corrected chi connectivity index (χ3v) is 6.02. The molecule has 26 heavy (non-hydrogen) atoms. The van der Waals surface area contributed by atoms with Crippen LogP contribution in [0.5, 0.6) is 0 Å². The minimum atomic E-state index is 0.663. The Morgan fingerprint density at radius 2 is 1.88 bits per heavy atom. The predicted octanol–water partition coefficient (Wildman–Crippen LogP) is 3.02. The summed E-state index contributed by atoms with van der Waals surface area (Å²) in [5.41, 5.74) is 2.19. The minimum Gasteiger partial charge on any atom is -0.358 e. The number of aromatic nitrogens is 4. The van der Waals surface area contributed by atoms with Crippen molar-refractivity contribution in [2.75, 3.05) is 39.1 Å². The molecule has 3 aromatic heterocycles. The zero-order chi connectivity index (χ0) is 18.1. The number of hydrogen-bond donors (Lipinski definition) is 0. The molecule has 0 spiro atoms. The Labute approximate surface area is 157 Å². The molecule has 0 bridgehead atoms. The van der Waals surface area contributed by atoms with Gasteiger partial charge in [0, 0.05) is 37.4 Å². The van der Waals surface area contributed by atoms with E-state index in [2.05, 4.69) is 40.9 Å². The summed E-state index contributed by atoms with van der Waals surface area (Å²) in [6.07, 6.45) is 9.93. The molecule has 0 atom stereocenters. The van der Waals surface area contributed by atoms with Gasteiger partial charge in [-0.25, -0.2) is 15.0 Å². The number of aryl methyl sites for hydroxylation is 2. The highest BCUT2D eigenvalue weighted by Gasteiger charge is 2.23. The van der Waals surface area contributed by atoms with Crippen molar-refractivity contribution < 1.29 is 0 Å². The summed E-state index contributed by atoms with van der Waals surface area (Å²) < 4.78 is 0. The van der Waals surface area contributed by atoms with Crippen LogP contribution in [0.15, 0.2) is 18.6 Å². The summed E-state index contributed by atoms with van der Waals surface area (Å²) in [5.74, 6) is 1.69. The Morgan fingerprint density at radius 1 is 1.04 bits per heavy atom. The first-order valence-corrected chi connectivity index (χ1v) is 9.89. The molecule has 4 rings (SSSR count). The lowest BCUT2D eigenvalue weighted by atomic mass is 9.97. The van der Waals surface area contributed by atoms with Crippen LogP contribution in [-0.2, 0) is 12.8 Å². The first kappa shape index (κ1) is 17.3. The maximum absolute atomic E-state index is 4.93. The Bertz CT molecular complexity index is 905. The van der Waals surface area contributed by atoms with Crippen LogP contribution in [0.25, 0.3) is 21.7 Å². The predicted molar refractivity (Wildman–Crippen MR) is 107 cm³/mol. The van der Waals surface area contributed by atoms with E-state index in [-0.39, 0.29) is 0 Å². The van der Waals surface area contributed by atoms with Gasteiger partial charge in [-0.3, -0.25) is 4.98 Å².